The second-order valence-corrected chi connectivity index (χ2v) is 25.0. The van der Waals surface area contributed by atoms with Crippen molar-refractivity contribution >= 4 is 164 Å². The van der Waals surface area contributed by atoms with E-state index in [1.807, 2.05) is 0 Å². The molecule has 4 amide bonds. The van der Waals surface area contributed by atoms with E-state index in [0.29, 0.717) is 49.7 Å². The SMILES string of the molecule is O=C(NCCSSCCNC(=O)/C(Cc1cc(Br)c(O)c(-c2cc(C/C(=N\O)C(=O)NCCSSCCNC(=O)/C(Cc3ccc(OS(=O)(=O)O)c(Br)c3)=N/O)cc(Br)c2O)c1)=N/O)/C(Cc1ccc([O-])c(Br)c1)=N/O.[Na+]. The van der Waals surface area contributed by atoms with Crippen LogP contribution in [0.3, 0.4) is 0 Å². The molecule has 0 saturated carbocycles. The van der Waals surface area contributed by atoms with Crippen LogP contribution in [0.5, 0.6) is 23.0 Å². The number of aromatic hydroxyl groups is 2. The number of hydrogen-bond acceptors (Lipinski definition) is 22. The molecule has 0 spiro atoms. The first-order chi connectivity index (χ1) is 36.2. The average Bonchev–Trinajstić information content (AvgIpc) is 3.37. The molecule has 0 aliphatic carbocycles. The molecule has 4 aromatic rings. The van der Waals surface area contributed by atoms with Gasteiger partial charge in [0.25, 0.3) is 23.6 Å². The Bertz CT molecular complexity index is 3000. The van der Waals surface area contributed by atoms with Gasteiger partial charge in [-0.2, -0.15) is 8.42 Å². The molecule has 0 radical (unpaired) electrons. The molecule has 0 aromatic heterocycles. The van der Waals surface area contributed by atoms with Crippen molar-refractivity contribution < 1.29 is 102 Å². The fourth-order valence-corrected chi connectivity index (χ4v) is 12.4. The third-order valence-corrected chi connectivity index (χ3v) is 17.4. The maximum Gasteiger partial charge on any atom is 1.00 e. The van der Waals surface area contributed by atoms with E-state index in [4.69, 9.17) is 4.55 Å². The number of benzene rings is 4. The van der Waals surface area contributed by atoms with Crippen LogP contribution in [-0.4, -0.2) is 140 Å². The first-order valence-corrected chi connectivity index (χ1v) is 31.1. The zero-order valence-corrected chi connectivity index (χ0v) is 52.4. The predicted octanol–water partition coefficient (Wildman–Crippen LogP) is 3.19. The molecule has 0 bridgehead atoms. The van der Waals surface area contributed by atoms with E-state index in [2.05, 4.69) is 110 Å². The number of phenols is 2. The smallest absolute Gasteiger partial charge is 0.872 e. The quantitative estimate of drug-likeness (QED) is 0.00707. The topological polar surface area (TPSA) is 374 Å². The summed E-state index contributed by atoms with van der Waals surface area (Å²) in [5.74, 6) is -1.78. The third-order valence-electron chi connectivity index (χ3n) is 9.79. The van der Waals surface area contributed by atoms with Gasteiger partial charge in [0.2, 0.25) is 0 Å². The number of oxime groups is 4. The molecule has 0 saturated heterocycles. The molecule has 0 unspecified atom stereocenters. The standard InChI is InChI=1S/C44H46Br4N8O15S5.Na/c45-29-15-23(1-3-37(29)57)19-33(53-64)41(60)49-5-9-72-74-11-7-51-43(62)35(55-66)21-25-13-27(39(58)31(47)17-25)28-14-26(18-32(48)40(28)59)22-36(56-67)44(63)52-8-12-75-73-10-6-50-42(61)34(54-65)20-24-2-4-38(30(46)16-24)71-76(68,69)70;/h1-4,13-18,57-59,64-67H,5-12,19-22H2,(H,49,60)(H,50,61)(H,51,62)(H,52,63)(H,68,69,70);/q;+1/p-1/b53-33+,54-34+,55-35+,56-36+;. The van der Waals surface area contributed by atoms with Crippen molar-refractivity contribution in [3.05, 3.63) is 101 Å². The minimum Gasteiger partial charge on any atom is -0.872 e. The Morgan fingerprint density at radius 2 is 0.818 bits per heavy atom. The van der Waals surface area contributed by atoms with E-state index in [-0.39, 0.29) is 152 Å². The van der Waals surface area contributed by atoms with Crippen LogP contribution in [0.1, 0.15) is 22.3 Å². The molecular formula is C44H45Br4N8NaO15S5. The van der Waals surface area contributed by atoms with Crippen LogP contribution in [0.25, 0.3) is 11.1 Å². The van der Waals surface area contributed by atoms with Gasteiger partial charge in [0.1, 0.15) is 34.3 Å². The fraction of sp³-hybridized carbons (Fsp3) is 0.273. The zero-order valence-electron chi connectivity index (χ0n) is 40.0. The summed E-state index contributed by atoms with van der Waals surface area (Å²) in [6.45, 7) is 0.796. The molecule has 77 heavy (non-hydrogen) atoms. The molecule has 0 fully saturated rings. The number of rotatable bonds is 29. The monoisotopic (exact) mass is 1420 g/mol. The Hall–Kier alpha value is -3.93. The van der Waals surface area contributed by atoms with Crippen LogP contribution in [0.2, 0.25) is 0 Å². The van der Waals surface area contributed by atoms with Gasteiger partial charge in [-0.05, 0) is 113 Å². The molecule has 0 aliphatic rings. The van der Waals surface area contributed by atoms with Crippen molar-refractivity contribution in [1.29, 1.82) is 0 Å². The van der Waals surface area contributed by atoms with Crippen molar-refractivity contribution in [1.82, 2.24) is 21.3 Å². The number of halogens is 4. The van der Waals surface area contributed by atoms with Crippen LogP contribution in [0.15, 0.2) is 99.2 Å². The van der Waals surface area contributed by atoms with Gasteiger partial charge in [0.05, 0.1) is 13.4 Å². The van der Waals surface area contributed by atoms with Crippen LogP contribution < -0.4 is 60.1 Å². The number of carbonyl (C=O) groups excluding carboxylic acids is 4. The van der Waals surface area contributed by atoms with Crippen LogP contribution >= 0.6 is 107 Å². The van der Waals surface area contributed by atoms with E-state index >= 15 is 0 Å². The summed E-state index contributed by atoms with van der Waals surface area (Å²) < 4.78 is 36.2. The molecule has 410 valence electrons. The Kier molecular flexibility index (Phi) is 30.0. The predicted molar refractivity (Wildman–Crippen MR) is 304 cm³/mol. The van der Waals surface area contributed by atoms with E-state index in [9.17, 15) is 63.7 Å². The van der Waals surface area contributed by atoms with E-state index in [1.54, 1.807) is 6.07 Å². The van der Waals surface area contributed by atoms with Gasteiger partial charge in [0, 0.05) is 90.5 Å². The Labute approximate surface area is 512 Å². The van der Waals surface area contributed by atoms with Crippen molar-refractivity contribution in [3.8, 4) is 34.1 Å². The van der Waals surface area contributed by atoms with Gasteiger partial charge in [-0.3, -0.25) is 23.7 Å². The Balaban J connectivity index is 0.0000156. The number of amides is 4. The summed E-state index contributed by atoms with van der Waals surface area (Å²) in [7, 11) is 0.824. The van der Waals surface area contributed by atoms with Gasteiger partial charge in [-0.1, -0.05) is 104 Å². The van der Waals surface area contributed by atoms with Crippen molar-refractivity contribution in [2.75, 3.05) is 49.2 Å². The second-order valence-electron chi connectivity index (χ2n) is 15.2. The Morgan fingerprint density at radius 3 is 1.13 bits per heavy atom. The molecule has 0 aliphatic heterocycles. The largest absolute Gasteiger partial charge is 1.00 e. The van der Waals surface area contributed by atoms with Crippen LogP contribution in [-0.2, 0) is 55.3 Å². The van der Waals surface area contributed by atoms with Gasteiger partial charge < -0.3 is 61.6 Å². The molecule has 4 aromatic carbocycles. The van der Waals surface area contributed by atoms with Gasteiger partial charge >= 0.3 is 40.0 Å². The third kappa shape index (κ3) is 22.6. The number of carbonyl (C=O) groups is 4. The number of nitrogens with zero attached hydrogens (tertiary/aromatic N) is 4. The molecule has 11 N–H and O–H groups in total. The van der Waals surface area contributed by atoms with E-state index in [0.717, 1.165) is 0 Å². The van der Waals surface area contributed by atoms with E-state index in [1.165, 1.54) is 97.8 Å². The van der Waals surface area contributed by atoms with Gasteiger partial charge in [-0.25, -0.2) is 0 Å². The molecule has 0 atom stereocenters. The zero-order chi connectivity index (χ0) is 56.0. The van der Waals surface area contributed by atoms with Gasteiger partial charge in [0.15, 0.2) is 5.75 Å². The summed E-state index contributed by atoms with van der Waals surface area (Å²) >= 11 is 12.9. The summed E-state index contributed by atoms with van der Waals surface area (Å²) in [5.41, 5.74) is 1.17. The summed E-state index contributed by atoms with van der Waals surface area (Å²) in [5, 5.41) is 95.3. The number of hydrogen-bond donors (Lipinski definition) is 11. The van der Waals surface area contributed by atoms with Crippen LogP contribution in [0.4, 0.5) is 0 Å². The fourth-order valence-electron chi connectivity index (χ4n) is 6.30. The molecule has 4 rings (SSSR count). The van der Waals surface area contributed by atoms with Crippen LogP contribution in [0, 0.1) is 0 Å². The van der Waals surface area contributed by atoms with Crippen molar-refractivity contribution in [3.63, 3.8) is 0 Å². The van der Waals surface area contributed by atoms with Gasteiger partial charge in [-0.15, -0.1) is 0 Å². The maximum absolute atomic E-state index is 13.0. The first-order valence-electron chi connectivity index (χ1n) is 21.6. The minimum atomic E-state index is -4.76. The molecule has 23 nitrogen and oxygen atoms in total. The number of nitrogens with one attached hydrogen (secondary N) is 4. The van der Waals surface area contributed by atoms with E-state index < -0.39 is 34.0 Å². The molecular weight excluding hydrogens is 1380 g/mol. The normalized spacial score (nSPS) is 12.1. The van der Waals surface area contributed by atoms with Crippen molar-refractivity contribution in [2.24, 2.45) is 20.6 Å². The summed E-state index contributed by atoms with van der Waals surface area (Å²) in [6.07, 6.45) is -0.517. The summed E-state index contributed by atoms with van der Waals surface area (Å²) in [6, 6.07) is 14.4. The number of phenolic OH excluding ortho intramolecular Hbond substituents is 2. The molecule has 0 heterocycles. The second kappa shape index (κ2) is 34.3. The van der Waals surface area contributed by atoms with Crippen molar-refractivity contribution in [2.45, 2.75) is 25.7 Å². The molecule has 33 heteroatoms. The first kappa shape index (κ1) is 67.3. The summed E-state index contributed by atoms with van der Waals surface area (Å²) in [4.78, 5) is 51.1. The minimum absolute atomic E-state index is 0. The maximum atomic E-state index is 13.0. The Morgan fingerprint density at radius 1 is 0.506 bits per heavy atom. The average molecular weight is 1430 g/mol.